The molecule has 0 aliphatic heterocycles. The van der Waals surface area contributed by atoms with Gasteiger partial charge in [-0.15, -0.1) is 11.3 Å². The van der Waals surface area contributed by atoms with E-state index in [2.05, 4.69) is 36.3 Å². The van der Waals surface area contributed by atoms with Crippen LogP contribution in [0.3, 0.4) is 0 Å². The van der Waals surface area contributed by atoms with E-state index in [-0.39, 0.29) is 5.54 Å². The van der Waals surface area contributed by atoms with Crippen LogP contribution in [0.5, 0.6) is 0 Å². The molecule has 0 saturated carbocycles. The van der Waals surface area contributed by atoms with E-state index in [1.807, 2.05) is 12.1 Å². The average Bonchev–Trinajstić information content (AvgIpc) is 2.69. The molecule has 0 bridgehead atoms. The molecule has 4 heteroatoms. The quantitative estimate of drug-likeness (QED) is 0.886. The number of para-hydroxylation sites is 1. The Morgan fingerprint density at radius 3 is 2.82 bits per heavy atom. The number of methoxy groups -OCH3 is 1. The van der Waals surface area contributed by atoms with Crippen LogP contribution in [0, 0.1) is 0 Å². The number of benzene rings is 1. The van der Waals surface area contributed by atoms with Crippen molar-refractivity contribution in [3.63, 3.8) is 0 Å². The SMILES string of the molecule is COCC(C)(C)NCc1nc2ccccc2s1. The first-order valence-electron chi connectivity index (χ1n) is 5.69. The highest BCUT2D eigenvalue weighted by Gasteiger charge is 2.17. The Morgan fingerprint density at radius 2 is 2.12 bits per heavy atom. The van der Waals surface area contributed by atoms with Crippen molar-refractivity contribution in [2.75, 3.05) is 13.7 Å². The van der Waals surface area contributed by atoms with E-state index in [1.165, 1.54) is 4.70 Å². The summed E-state index contributed by atoms with van der Waals surface area (Å²) in [5.74, 6) is 0. The molecule has 0 spiro atoms. The van der Waals surface area contributed by atoms with Crippen LogP contribution in [0.1, 0.15) is 18.9 Å². The summed E-state index contributed by atoms with van der Waals surface area (Å²) >= 11 is 1.74. The van der Waals surface area contributed by atoms with Gasteiger partial charge in [-0.05, 0) is 26.0 Å². The maximum atomic E-state index is 5.17. The molecule has 1 aromatic heterocycles. The summed E-state index contributed by atoms with van der Waals surface area (Å²) in [5, 5.41) is 4.58. The molecule has 2 aromatic rings. The molecule has 0 amide bonds. The molecule has 0 saturated heterocycles. The van der Waals surface area contributed by atoms with Crippen molar-refractivity contribution in [2.24, 2.45) is 0 Å². The maximum absolute atomic E-state index is 5.17. The van der Waals surface area contributed by atoms with Crippen molar-refractivity contribution in [2.45, 2.75) is 25.9 Å². The molecule has 0 aliphatic rings. The number of hydrogen-bond acceptors (Lipinski definition) is 4. The number of thiazole rings is 1. The highest BCUT2D eigenvalue weighted by Crippen LogP contribution is 2.21. The highest BCUT2D eigenvalue weighted by atomic mass is 32.1. The summed E-state index contributed by atoms with van der Waals surface area (Å²) < 4.78 is 6.42. The summed E-state index contributed by atoms with van der Waals surface area (Å²) in [6, 6.07) is 8.23. The lowest BCUT2D eigenvalue weighted by Gasteiger charge is -2.24. The normalized spacial score (nSPS) is 12.2. The Morgan fingerprint density at radius 1 is 1.35 bits per heavy atom. The lowest BCUT2D eigenvalue weighted by molar-refractivity contribution is 0.128. The van der Waals surface area contributed by atoms with Crippen LogP contribution in [0.15, 0.2) is 24.3 Å². The lowest BCUT2D eigenvalue weighted by atomic mass is 10.1. The fraction of sp³-hybridized carbons (Fsp3) is 0.462. The van der Waals surface area contributed by atoms with Gasteiger partial charge in [0, 0.05) is 19.2 Å². The second-order valence-corrected chi connectivity index (χ2v) is 5.86. The maximum Gasteiger partial charge on any atom is 0.108 e. The van der Waals surface area contributed by atoms with Crippen molar-refractivity contribution in [1.29, 1.82) is 0 Å². The summed E-state index contributed by atoms with van der Waals surface area (Å²) in [5.41, 5.74) is 1.06. The second-order valence-electron chi connectivity index (χ2n) is 4.75. The average molecular weight is 250 g/mol. The van der Waals surface area contributed by atoms with Gasteiger partial charge in [-0.25, -0.2) is 4.98 Å². The largest absolute Gasteiger partial charge is 0.383 e. The molecule has 0 radical (unpaired) electrons. The monoisotopic (exact) mass is 250 g/mol. The Kier molecular flexibility index (Phi) is 3.76. The van der Waals surface area contributed by atoms with Crippen molar-refractivity contribution in [3.8, 4) is 0 Å². The first-order valence-corrected chi connectivity index (χ1v) is 6.51. The minimum atomic E-state index is -0.0212. The zero-order valence-electron chi connectivity index (χ0n) is 10.5. The minimum Gasteiger partial charge on any atom is -0.383 e. The van der Waals surface area contributed by atoms with Crippen molar-refractivity contribution in [3.05, 3.63) is 29.3 Å². The third kappa shape index (κ3) is 3.25. The number of nitrogens with one attached hydrogen (secondary N) is 1. The van der Waals surface area contributed by atoms with E-state index in [1.54, 1.807) is 18.4 Å². The third-order valence-corrected chi connectivity index (χ3v) is 3.60. The molecule has 1 heterocycles. The van der Waals surface area contributed by atoms with Gasteiger partial charge in [-0.1, -0.05) is 12.1 Å². The molecular formula is C13H18N2OS. The Labute approximate surface area is 106 Å². The van der Waals surface area contributed by atoms with Gasteiger partial charge >= 0.3 is 0 Å². The standard InChI is InChI=1S/C13H18N2OS/c1-13(2,9-16-3)14-8-12-15-10-6-4-5-7-11(10)17-12/h4-7,14H,8-9H2,1-3H3. The molecule has 92 valence electrons. The predicted octanol–water partition coefficient (Wildman–Crippen LogP) is 2.81. The fourth-order valence-electron chi connectivity index (χ4n) is 1.72. The lowest BCUT2D eigenvalue weighted by Crippen LogP contribution is -2.42. The predicted molar refractivity (Wildman–Crippen MR) is 72.4 cm³/mol. The van der Waals surface area contributed by atoms with Gasteiger partial charge < -0.3 is 10.1 Å². The highest BCUT2D eigenvalue weighted by molar-refractivity contribution is 7.18. The fourth-order valence-corrected chi connectivity index (χ4v) is 2.63. The smallest absolute Gasteiger partial charge is 0.108 e. The van der Waals surface area contributed by atoms with Gasteiger partial charge in [0.1, 0.15) is 5.01 Å². The Balaban J connectivity index is 2.04. The van der Waals surface area contributed by atoms with Gasteiger partial charge in [0.15, 0.2) is 0 Å². The molecule has 17 heavy (non-hydrogen) atoms. The Bertz CT molecular complexity index is 460. The molecule has 1 aromatic carbocycles. The minimum absolute atomic E-state index is 0.0212. The Hall–Kier alpha value is -0.970. The van der Waals surface area contributed by atoms with E-state index in [0.717, 1.165) is 17.1 Å². The second kappa shape index (κ2) is 5.12. The van der Waals surface area contributed by atoms with E-state index >= 15 is 0 Å². The summed E-state index contributed by atoms with van der Waals surface area (Å²) in [6.07, 6.45) is 0. The van der Waals surface area contributed by atoms with E-state index in [4.69, 9.17) is 4.74 Å². The topological polar surface area (TPSA) is 34.1 Å². The molecule has 0 fully saturated rings. The first kappa shape index (κ1) is 12.5. The van der Waals surface area contributed by atoms with Crippen molar-refractivity contribution in [1.82, 2.24) is 10.3 Å². The molecule has 0 atom stereocenters. The van der Waals surface area contributed by atoms with Gasteiger partial charge in [0.05, 0.1) is 16.8 Å². The molecule has 2 rings (SSSR count). The molecule has 3 nitrogen and oxygen atoms in total. The third-order valence-electron chi connectivity index (χ3n) is 2.56. The zero-order chi connectivity index (χ0) is 12.3. The zero-order valence-corrected chi connectivity index (χ0v) is 11.3. The first-order chi connectivity index (χ1) is 8.11. The van der Waals surface area contributed by atoms with Crippen LogP contribution in [0.2, 0.25) is 0 Å². The number of fused-ring (bicyclic) bond motifs is 1. The number of ether oxygens (including phenoxy) is 1. The van der Waals surface area contributed by atoms with Crippen molar-refractivity contribution < 1.29 is 4.74 Å². The molecule has 0 unspecified atom stereocenters. The number of rotatable bonds is 5. The summed E-state index contributed by atoms with van der Waals surface area (Å²) in [7, 11) is 1.72. The van der Waals surface area contributed by atoms with Crippen LogP contribution >= 0.6 is 11.3 Å². The number of hydrogen-bond donors (Lipinski definition) is 1. The summed E-state index contributed by atoms with van der Waals surface area (Å²) in [4.78, 5) is 4.59. The molecule has 0 aliphatic carbocycles. The van der Waals surface area contributed by atoms with Crippen LogP contribution in [0.25, 0.3) is 10.2 Å². The molecular weight excluding hydrogens is 232 g/mol. The van der Waals surface area contributed by atoms with Crippen LogP contribution < -0.4 is 5.32 Å². The molecule has 1 N–H and O–H groups in total. The number of nitrogens with zero attached hydrogens (tertiary/aromatic N) is 1. The van der Waals surface area contributed by atoms with Gasteiger partial charge in [0.25, 0.3) is 0 Å². The van der Waals surface area contributed by atoms with E-state index in [9.17, 15) is 0 Å². The number of aromatic nitrogens is 1. The van der Waals surface area contributed by atoms with Crippen LogP contribution in [0.4, 0.5) is 0 Å². The summed E-state index contributed by atoms with van der Waals surface area (Å²) in [6.45, 7) is 5.74. The van der Waals surface area contributed by atoms with E-state index in [0.29, 0.717) is 6.61 Å². The van der Waals surface area contributed by atoms with Gasteiger partial charge in [-0.2, -0.15) is 0 Å². The van der Waals surface area contributed by atoms with Crippen LogP contribution in [-0.2, 0) is 11.3 Å². The van der Waals surface area contributed by atoms with Gasteiger partial charge in [-0.3, -0.25) is 0 Å². The van der Waals surface area contributed by atoms with Crippen LogP contribution in [-0.4, -0.2) is 24.2 Å². The van der Waals surface area contributed by atoms with Gasteiger partial charge in [0.2, 0.25) is 0 Å². The van der Waals surface area contributed by atoms with Crippen molar-refractivity contribution >= 4 is 21.6 Å². The van der Waals surface area contributed by atoms with E-state index < -0.39 is 0 Å².